The van der Waals surface area contributed by atoms with Gasteiger partial charge in [0.15, 0.2) is 0 Å². The van der Waals surface area contributed by atoms with Crippen LogP contribution >= 0.6 is 34.2 Å². The van der Waals surface area contributed by atoms with Gasteiger partial charge in [-0.25, -0.2) is 0 Å². The summed E-state index contributed by atoms with van der Waals surface area (Å²) in [5, 5.41) is 8.83. The zero-order valence-electron chi connectivity index (χ0n) is 6.97. The van der Waals surface area contributed by atoms with Crippen LogP contribution in [0.2, 0.25) is 0 Å². The molecule has 0 amide bonds. The Morgan fingerprint density at radius 1 is 1.62 bits per heavy atom. The third-order valence-electron chi connectivity index (χ3n) is 1.66. The van der Waals surface area contributed by atoms with Crippen LogP contribution in [0.5, 0.6) is 5.75 Å². The minimum absolute atomic E-state index is 0.352. The number of methoxy groups -OCH3 is 1. The maximum absolute atomic E-state index is 8.83. The number of ether oxygens (including phenoxy) is 1. The predicted molar refractivity (Wildman–Crippen MR) is 60.0 cm³/mol. The highest BCUT2D eigenvalue weighted by atomic mass is 127. The van der Waals surface area contributed by atoms with Gasteiger partial charge >= 0.3 is 0 Å². The molecule has 0 aliphatic carbocycles. The van der Waals surface area contributed by atoms with Crippen molar-refractivity contribution < 1.29 is 4.74 Å². The van der Waals surface area contributed by atoms with E-state index < -0.39 is 0 Å². The number of hydrogen-bond donors (Lipinski definition) is 0. The summed E-state index contributed by atoms with van der Waals surface area (Å²) < 4.78 is 6.00. The number of halogens is 2. The molecule has 0 atom stereocenters. The van der Waals surface area contributed by atoms with Crippen LogP contribution in [-0.4, -0.2) is 7.11 Å². The highest BCUT2D eigenvalue weighted by molar-refractivity contribution is 14.1. The van der Waals surface area contributed by atoms with Gasteiger partial charge in [0.2, 0.25) is 0 Å². The third-order valence-corrected chi connectivity index (χ3v) is 2.89. The van der Waals surface area contributed by atoms with E-state index in [1.807, 2.05) is 6.07 Å². The zero-order valence-corrected chi connectivity index (χ0v) is 9.89. The number of nitrogens with zero attached hydrogens (tertiary/aromatic N) is 1. The standard InChI is InChI=1S/C9H7ClINO/c1-13-7-2-6(5-12)8(4-10)9(11)3-7/h2-3H,4H2,1H3. The van der Waals surface area contributed by atoms with Gasteiger partial charge in [-0.15, -0.1) is 11.6 Å². The molecule has 0 radical (unpaired) electrons. The normalized spacial score (nSPS) is 9.38. The summed E-state index contributed by atoms with van der Waals surface area (Å²) in [7, 11) is 1.58. The van der Waals surface area contributed by atoms with Crippen molar-refractivity contribution in [3.05, 3.63) is 26.8 Å². The average molecular weight is 308 g/mol. The van der Waals surface area contributed by atoms with Crippen molar-refractivity contribution in [3.8, 4) is 11.8 Å². The monoisotopic (exact) mass is 307 g/mol. The second-order valence-corrected chi connectivity index (χ2v) is 3.81. The van der Waals surface area contributed by atoms with E-state index in [-0.39, 0.29) is 0 Å². The molecule has 0 unspecified atom stereocenters. The van der Waals surface area contributed by atoms with E-state index in [4.69, 9.17) is 21.6 Å². The Balaban J connectivity index is 3.31. The minimum Gasteiger partial charge on any atom is -0.497 e. The Hall–Kier alpha value is -0.470. The summed E-state index contributed by atoms with van der Waals surface area (Å²) in [4.78, 5) is 0. The molecular formula is C9H7ClINO. The lowest BCUT2D eigenvalue weighted by atomic mass is 10.1. The van der Waals surface area contributed by atoms with Crippen molar-refractivity contribution in [2.24, 2.45) is 0 Å². The number of alkyl halides is 1. The fourth-order valence-electron chi connectivity index (χ4n) is 0.965. The first-order valence-corrected chi connectivity index (χ1v) is 5.16. The van der Waals surface area contributed by atoms with Crippen molar-refractivity contribution >= 4 is 34.2 Å². The Labute approximate surface area is 95.6 Å². The van der Waals surface area contributed by atoms with E-state index in [1.165, 1.54) is 0 Å². The molecule has 0 saturated carbocycles. The van der Waals surface area contributed by atoms with Crippen LogP contribution in [0.3, 0.4) is 0 Å². The van der Waals surface area contributed by atoms with E-state index in [1.54, 1.807) is 13.2 Å². The van der Waals surface area contributed by atoms with E-state index >= 15 is 0 Å². The molecule has 1 aromatic rings. The van der Waals surface area contributed by atoms with Crippen LogP contribution in [0.25, 0.3) is 0 Å². The Bertz CT molecular complexity index is 359. The van der Waals surface area contributed by atoms with E-state index in [0.29, 0.717) is 17.2 Å². The molecule has 0 N–H and O–H groups in total. The van der Waals surface area contributed by atoms with Crippen LogP contribution in [-0.2, 0) is 5.88 Å². The summed E-state index contributed by atoms with van der Waals surface area (Å²) >= 11 is 7.86. The smallest absolute Gasteiger partial charge is 0.121 e. The van der Waals surface area contributed by atoms with Crippen molar-refractivity contribution in [1.29, 1.82) is 5.26 Å². The first-order chi connectivity index (χ1) is 6.22. The van der Waals surface area contributed by atoms with E-state index in [9.17, 15) is 0 Å². The lowest BCUT2D eigenvalue weighted by molar-refractivity contribution is 0.414. The van der Waals surface area contributed by atoms with Crippen LogP contribution in [0, 0.1) is 14.9 Å². The molecule has 0 bridgehead atoms. The summed E-state index contributed by atoms with van der Waals surface area (Å²) in [6, 6.07) is 5.65. The van der Waals surface area contributed by atoms with Gasteiger partial charge in [0.25, 0.3) is 0 Å². The van der Waals surface area contributed by atoms with Crippen molar-refractivity contribution in [3.63, 3.8) is 0 Å². The topological polar surface area (TPSA) is 33.0 Å². The summed E-state index contributed by atoms with van der Waals surface area (Å²) in [5.41, 5.74) is 1.45. The summed E-state index contributed by atoms with van der Waals surface area (Å²) in [6.07, 6.45) is 0. The molecule has 1 aromatic carbocycles. The molecule has 0 aliphatic rings. The first kappa shape index (κ1) is 10.6. The van der Waals surface area contributed by atoms with Gasteiger partial charge in [-0.3, -0.25) is 0 Å². The van der Waals surface area contributed by atoms with Crippen LogP contribution in [0.4, 0.5) is 0 Å². The predicted octanol–water partition coefficient (Wildman–Crippen LogP) is 2.91. The lowest BCUT2D eigenvalue weighted by Gasteiger charge is -2.06. The van der Waals surface area contributed by atoms with Gasteiger partial charge in [-0.1, -0.05) is 0 Å². The third kappa shape index (κ3) is 2.26. The molecule has 4 heteroatoms. The van der Waals surface area contributed by atoms with Gasteiger partial charge < -0.3 is 4.74 Å². The molecule has 0 aliphatic heterocycles. The van der Waals surface area contributed by atoms with Gasteiger partial charge in [0.1, 0.15) is 5.75 Å². The molecule has 1 rings (SSSR count). The summed E-state index contributed by atoms with van der Waals surface area (Å²) in [5.74, 6) is 1.04. The van der Waals surface area contributed by atoms with Crippen LogP contribution in [0.1, 0.15) is 11.1 Å². The number of nitriles is 1. The number of rotatable bonds is 2. The molecule has 68 valence electrons. The SMILES string of the molecule is COc1cc(I)c(CCl)c(C#N)c1. The number of benzene rings is 1. The molecule has 13 heavy (non-hydrogen) atoms. The Morgan fingerprint density at radius 3 is 2.77 bits per heavy atom. The quantitative estimate of drug-likeness (QED) is 0.622. The van der Waals surface area contributed by atoms with Gasteiger partial charge in [-0.2, -0.15) is 5.26 Å². The second-order valence-electron chi connectivity index (χ2n) is 2.38. The average Bonchev–Trinajstić information content (AvgIpc) is 2.16. The fraction of sp³-hybridized carbons (Fsp3) is 0.222. The van der Waals surface area contributed by atoms with Crippen molar-refractivity contribution in [1.82, 2.24) is 0 Å². The Kier molecular flexibility index (Phi) is 3.82. The number of hydrogen-bond acceptors (Lipinski definition) is 2. The summed E-state index contributed by atoms with van der Waals surface area (Å²) in [6.45, 7) is 0. The molecule has 0 heterocycles. The second kappa shape index (κ2) is 4.68. The van der Waals surface area contributed by atoms with Crippen LogP contribution < -0.4 is 4.74 Å². The zero-order chi connectivity index (χ0) is 9.84. The van der Waals surface area contributed by atoms with Crippen molar-refractivity contribution in [2.45, 2.75) is 5.88 Å². The molecule has 2 nitrogen and oxygen atoms in total. The maximum atomic E-state index is 8.83. The minimum atomic E-state index is 0.352. The fourth-order valence-corrected chi connectivity index (χ4v) is 2.27. The van der Waals surface area contributed by atoms with Gasteiger partial charge in [0, 0.05) is 9.45 Å². The highest BCUT2D eigenvalue weighted by Gasteiger charge is 2.07. The van der Waals surface area contributed by atoms with E-state index in [0.717, 1.165) is 9.13 Å². The van der Waals surface area contributed by atoms with Crippen molar-refractivity contribution in [2.75, 3.05) is 7.11 Å². The maximum Gasteiger partial charge on any atom is 0.121 e. The first-order valence-electron chi connectivity index (χ1n) is 3.55. The Morgan fingerprint density at radius 2 is 2.31 bits per heavy atom. The lowest BCUT2D eigenvalue weighted by Crippen LogP contribution is -1.93. The highest BCUT2D eigenvalue weighted by Crippen LogP contribution is 2.24. The van der Waals surface area contributed by atoms with Crippen LogP contribution in [0.15, 0.2) is 12.1 Å². The van der Waals surface area contributed by atoms with Gasteiger partial charge in [-0.05, 0) is 40.3 Å². The molecular weight excluding hydrogens is 300 g/mol. The molecule has 0 fully saturated rings. The molecule has 0 saturated heterocycles. The molecule has 0 aromatic heterocycles. The molecule has 0 spiro atoms. The largest absolute Gasteiger partial charge is 0.497 e. The van der Waals surface area contributed by atoms with E-state index in [2.05, 4.69) is 28.7 Å². The van der Waals surface area contributed by atoms with Gasteiger partial charge in [0.05, 0.1) is 18.7 Å².